The molecular weight excluding hydrogens is 222 g/mol. The van der Waals surface area contributed by atoms with Crippen LogP contribution >= 0.6 is 24.4 Å². The summed E-state index contributed by atoms with van der Waals surface area (Å²) in [5, 5.41) is 0. The van der Waals surface area contributed by atoms with Crippen LogP contribution in [0.4, 0.5) is 5.69 Å². The summed E-state index contributed by atoms with van der Waals surface area (Å²) in [4.78, 5) is 1.35. The normalized spacial score (nSPS) is 10.5. The van der Waals surface area contributed by atoms with Crippen LogP contribution in [0.3, 0.4) is 0 Å². The van der Waals surface area contributed by atoms with Gasteiger partial charge in [-0.25, -0.2) is 0 Å². The minimum absolute atomic E-state index is 0.864. The lowest BCUT2D eigenvalue weighted by Crippen LogP contribution is -1.93. The summed E-state index contributed by atoms with van der Waals surface area (Å²) in [5.41, 5.74) is 8.08. The first-order valence-corrected chi connectivity index (χ1v) is 7.01. The van der Waals surface area contributed by atoms with Gasteiger partial charge in [-0.2, -0.15) is 12.6 Å². The molecule has 3 heteroatoms. The number of benzene rings is 1. The highest BCUT2D eigenvalue weighted by Crippen LogP contribution is 2.26. The molecule has 1 nitrogen and oxygen atoms in total. The Hall–Kier alpha value is -0.280. The SMILES string of the molecule is CCCSc1cc(N)ccc1CCCS. The van der Waals surface area contributed by atoms with E-state index in [-0.39, 0.29) is 0 Å². The first-order chi connectivity index (χ1) is 7.27. The third-order valence-electron chi connectivity index (χ3n) is 2.16. The molecule has 0 saturated heterocycles. The lowest BCUT2D eigenvalue weighted by molar-refractivity contribution is 0.913. The quantitative estimate of drug-likeness (QED) is 0.452. The van der Waals surface area contributed by atoms with E-state index in [2.05, 4.69) is 31.7 Å². The maximum absolute atomic E-state index is 5.80. The number of aryl methyl sites for hydroxylation is 1. The molecule has 1 aromatic carbocycles. The van der Waals surface area contributed by atoms with Crippen LogP contribution in [0.5, 0.6) is 0 Å². The molecule has 0 fully saturated rings. The molecule has 0 radical (unpaired) electrons. The third-order valence-corrected chi connectivity index (χ3v) is 3.78. The Labute approximate surface area is 102 Å². The van der Waals surface area contributed by atoms with Gasteiger partial charge in [0.2, 0.25) is 0 Å². The second-order valence-electron chi connectivity index (χ2n) is 3.54. The number of thioether (sulfide) groups is 1. The number of nitrogens with two attached hydrogens (primary N) is 1. The van der Waals surface area contributed by atoms with E-state index in [9.17, 15) is 0 Å². The number of hydrogen-bond acceptors (Lipinski definition) is 3. The van der Waals surface area contributed by atoms with E-state index >= 15 is 0 Å². The Kier molecular flexibility index (Phi) is 6.03. The van der Waals surface area contributed by atoms with Crippen molar-refractivity contribution in [3.05, 3.63) is 23.8 Å². The Morgan fingerprint density at radius 1 is 1.40 bits per heavy atom. The van der Waals surface area contributed by atoms with Crippen LogP contribution < -0.4 is 5.73 Å². The third kappa shape index (κ3) is 4.39. The molecule has 0 aromatic heterocycles. The zero-order valence-electron chi connectivity index (χ0n) is 9.20. The maximum Gasteiger partial charge on any atom is 0.0325 e. The standard InChI is InChI=1S/C12H19NS2/c1-2-8-15-12-9-11(13)6-5-10(12)4-3-7-14/h5-6,9,14H,2-4,7-8,13H2,1H3. The predicted molar refractivity (Wildman–Crippen MR) is 74.0 cm³/mol. The summed E-state index contributed by atoms with van der Waals surface area (Å²) in [5.74, 6) is 2.11. The average molecular weight is 241 g/mol. The molecule has 0 bridgehead atoms. The van der Waals surface area contributed by atoms with Gasteiger partial charge < -0.3 is 5.73 Å². The van der Waals surface area contributed by atoms with Crippen LogP contribution in [0.2, 0.25) is 0 Å². The molecule has 0 heterocycles. The molecule has 84 valence electrons. The van der Waals surface area contributed by atoms with Crippen molar-refractivity contribution in [2.45, 2.75) is 31.1 Å². The first-order valence-electron chi connectivity index (χ1n) is 5.40. The van der Waals surface area contributed by atoms with Gasteiger partial charge in [0.15, 0.2) is 0 Å². The molecule has 1 aromatic rings. The van der Waals surface area contributed by atoms with Gasteiger partial charge in [-0.1, -0.05) is 13.0 Å². The van der Waals surface area contributed by atoms with Gasteiger partial charge >= 0.3 is 0 Å². The van der Waals surface area contributed by atoms with Crippen LogP contribution in [0.15, 0.2) is 23.1 Å². The van der Waals surface area contributed by atoms with Crippen molar-refractivity contribution in [3.63, 3.8) is 0 Å². The monoisotopic (exact) mass is 241 g/mol. The van der Waals surface area contributed by atoms with Crippen molar-refractivity contribution < 1.29 is 0 Å². The molecule has 0 saturated carbocycles. The number of nitrogen functional groups attached to an aromatic ring is 1. The van der Waals surface area contributed by atoms with Gasteiger partial charge in [-0.3, -0.25) is 0 Å². The predicted octanol–water partition coefficient (Wildman–Crippen LogP) is 3.63. The van der Waals surface area contributed by atoms with Gasteiger partial charge in [0.25, 0.3) is 0 Å². The largest absolute Gasteiger partial charge is 0.399 e. The van der Waals surface area contributed by atoms with Gasteiger partial charge in [0.1, 0.15) is 0 Å². The molecule has 0 unspecified atom stereocenters. The fourth-order valence-electron chi connectivity index (χ4n) is 1.39. The summed E-state index contributed by atoms with van der Waals surface area (Å²) >= 11 is 6.15. The number of anilines is 1. The molecule has 0 aliphatic carbocycles. The lowest BCUT2D eigenvalue weighted by atomic mass is 10.1. The van der Waals surface area contributed by atoms with E-state index in [0.717, 1.165) is 30.0 Å². The minimum atomic E-state index is 0.864. The van der Waals surface area contributed by atoms with Crippen molar-refractivity contribution in [3.8, 4) is 0 Å². The smallest absolute Gasteiger partial charge is 0.0325 e. The number of thiol groups is 1. The molecule has 0 spiro atoms. The minimum Gasteiger partial charge on any atom is -0.399 e. The van der Waals surface area contributed by atoms with Gasteiger partial charge in [0.05, 0.1) is 0 Å². The Morgan fingerprint density at radius 2 is 2.20 bits per heavy atom. The highest BCUT2D eigenvalue weighted by atomic mass is 32.2. The van der Waals surface area contributed by atoms with E-state index in [1.165, 1.54) is 16.9 Å². The summed E-state index contributed by atoms with van der Waals surface area (Å²) in [7, 11) is 0. The zero-order chi connectivity index (χ0) is 11.1. The van der Waals surface area contributed by atoms with Crippen LogP contribution in [0.25, 0.3) is 0 Å². The molecule has 0 aliphatic rings. The van der Waals surface area contributed by atoms with Gasteiger partial charge in [0, 0.05) is 10.6 Å². The van der Waals surface area contributed by atoms with Crippen LogP contribution in [0.1, 0.15) is 25.3 Å². The van der Waals surface area contributed by atoms with E-state index < -0.39 is 0 Å². The maximum atomic E-state index is 5.80. The van der Waals surface area contributed by atoms with Gasteiger partial charge in [-0.05, 0) is 48.5 Å². The Morgan fingerprint density at radius 3 is 2.87 bits per heavy atom. The highest BCUT2D eigenvalue weighted by Gasteiger charge is 2.03. The van der Waals surface area contributed by atoms with E-state index in [4.69, 9.17) is 5.73 Å². The van der Waals surface area contributed by atoms with Crippen molar-refractivity contribution in [1.82, 2.24) is 0 Å². The second-order valence-corrected chi connectivity index (χ2v) is 5.13. The molecular formula is C12H19NS2. The Balaban J connectivity index is 2.73. The lowest BCUT2D eigenvalue weighted by Gasteiger charge is -2.09. The molecule has 15 heavy (non-hydrogen) atoms. The summed E-state index contributed by atoms with van der Waals surface area (Å²) in [6, 6.07) is 6.23. The fraction of sp³-hybridized carbons (Fsp3) is 0.500. The zero-order valence-corrected chi connectivity index (χ0v) is 10.9. The first kappa shape index (κ1) is 12.8. The topological polar surface area (TPSA) is 26.0 Å². The van der Waals surface area contributed by atoms with Gasteiger partial charge in [-0.15, -0.1) is 11.8 Å². The second kappa shape index (κ2) is 7.07. The van der Waals surface area contributed by atoms with Crippen LogP contribution in [-0.2, 0) is 6.42 Å². The van der Waals surface area contributed by atoms with E-state index in [0.29, 0.717) is 0 Å². The van der Waals surface area contributed by atoms with Crippen LogP contribution in [-0.4, -0.2) is 11.5 Å². The van der Waals surface area contributed by atoms with Crippen molar-refractivity contribution in [2.24, 2.45) is 0 Å². The molecule has 0 aliphatic heterocycles. The van der Waals surface area contributed by atoms with Crippen molar-refractivity contribution in [2.75, 3.05) is 17.2 Å². The molecule has 1 rings (SSSR count). The summed E-state index contributed by atoms with van der Waals surface area (Å²) in [6.07, 6.45) is 3.44. The molecule has 0 amide bonds. The highest BCUT2D eigenvalue weighted by molar-refractivity contribution is 7.99. The summed E-state index contributed by atoms with van der Waals surface area (Å²) < 4.78 is 0. The van der Waals surface area contributed by atoms with E-state index in [1.54, 1.807) is 0 Å². The molecule has 2 N–H and O–H groups in total. The number of hydrogen-bond donors (Lipinski definition) is 2. The van der Waals surface area contributed by atoms with Crippen molar-refractivity contribution in [1.29, 1.82) is 0 Å². The average Bonchev–Trinajstić information content (AvgIpc) is 2.25. The Bertz CT molecular complexity index is 300. The van der Waals surface area contributed by atoms with Crippen LogP contribution in [0, 0.1) is 0 Å². The number of rotatable bonds is 6. The van der Waals surface area contributed by atoms with Crippen molar-refractivity contribution >= 4 is 30.1 Å². The fourth-order valence-corrected chi connectivity index (χ4v) is 2.55. The summed E-state index contributed by atoms with van der Waals surface area (Å²) in [6.45, 7) is 2.20. The van der Waals surface area contributed by atoms with E-state index in [1.807, 2.05) is 17.8 Å². The molecule has 0 atom stereocenters.